The number of fused-ring (bicyclic) bond motifs is 1. The van der Waals surface area contributed by atoms with E-state index in [-0.39, 0.29) is 56.2 Å². The molecule has 2 saturated heterocycles. The number of rotatable bonds is 5. The minimum atomic E-state index is -0.779. The lowest BCUT2D eigenvalue weighted by atomic mass is 9.94. The third-order valence-corrected chi connectivity index (χ3v) is 6.84. The van der Waals surface area contributed by atoms with Crippen LogP contribution < -0.4 is 5.32 Å². The lowest BCUT2D eigenvalue weighted by Gasteiger charge is -2.44. The summed E-state index contributed by atoms with van der Waals surface area (Å²) < 4.78 is 11.9. The van der Waals surface area contributed by atoms with Crippen molar-refractivity contribution in [2.75, 3.05) is 25.1 Å². The fourth-order valence-corrected chi connectivity index (χ4v) is 5.02. The molecule has 8 nitrogen and oxygen atoms in total. The number of aliphatic hydroxyl groups is 1. The number of aliphatic hydroxyl groups excluding tert-OH is 1. The number of hydrogen-bond donors (Lipinski definition) is 2. The van der Waals surface area contributed by atoms with E-state index in [9.17, 15) is 14.7 Å². The molecule has 2 aliphatic heterocycles. The number of nitrogens with one attached hydrogen (secondary N) is 1. The lowest BCUT2D eigenvalue weighted by molar-refractivity contribution is -0.149. The number of nitrogens with zero attached hydrogens (tertiary/aromatic N) is 2. The van der Waals surface area contributed by atoms with Crippen LogP contribution in [0.4, 0.5) is 5.69 Å². The van der Waals surface area contributed by atoms with Gasteiger partial charge >= 0.3 is 0 Å². The van der Waals surface area contributed by atoms with Crippen LogP contribution in [0.1, 0.15) is 29.6 Å². The number of hydrogen-bond acceptors (Lipinski definition) is 6. The Hall–Kier alpha value is -3.59. The van der Waals surface area contributed by atoms with Gasteiger partial charge in [0, 0.05) is 24.6 Å². The molecule has 0 radical (unpaired) electrons. The number of ether oxygens (including phenoxy) is 2. The average molecular weight is 502 g/mol. The van der Waals surface area contributed by atoms with Gasteiger partial charge in [0.25, 0.3) is 5.91 Å². The smallest absolute Gasteiger partial charge is 0.255 e. The van der Waals surface area contributed by atoms with E-state index in [0.717, 1.165) is 16.8 Å². The van der Waals surface area contributed by atoms with Gasteiger partial charge in [-0.1, -0.05) is 42.5 Å². The normalized spacial score (nSPS) is 23.9. The molecule has 37 heavy (non-hydrogen) atoms. The predicted octanol–water partition coefficient (Wildman–Crippen LogP) is 3.53. The number of pyridine rings is 1. The van der Waals surface area contributed by atoms with Gasteiger partial charge in [0.05, 0.1) is 43.4 Å². The summed E-state index contributed by atoms with van der Waals surface area (Å²) in [7, 11) is 0. The van der Waals surface area contributed by atoms with E-state index in [2.05, 4.69) is 10.3 Å². The molecular weight excluding hydrogens is 470 g/mol. The summed E-state index contributed by atoms with van der Waals surface area (Å²) in [4.78, 5) is 31.8. The van der Waals surface area contributed by atoms with Crippen molar-refractivity contribution in [3.05, 3.63) is 84.7 Å². The Bertz CT molecular complexity index is 1190. The van der Waals surface area contributed by atoms with Gasteiger partial charge in [-0.15, -0.1) is 0 Å². The third kappa shape index (κ3) is 6.22. The van der Waals surface area contributed by atoms with Gasteiger partial charge in [-0.05, 0) is 48.2 Å². The molecule has 2 aromatic carbocycles. The van der Waals surface area contributed by atoms with Gasteiger partial charge in [0.1, 0.15) is 6.10 Å². The van der Waals surface area contributed by atoms with Crippen molar-refractivity contribution < 1.29 is 24.2 Å². The maximum atomic E-state index is 13.3. The molecule has 5 rings (SSSR count). The molecule has 4 atom stereocenters. The van der Waals surface area contributed by atoms with Gasteiger partial charge in [0.15, 0.2) is 0 Å². The van der Waals surface area contributed by atoms with Crippen LogP contribution >= 0.6 is 0 Å². The van der Waals surface area contributed by atoms with Crippen LogP contribution in [-0.4, -0.2) is 70.9 Å². The fraction of sp³-hybridized carbons (Fsp3) is 0.345. The number of aromatic nitrogens is 1. The molecule has 0 aliphatic carbocycles. The quantitative estimate of drug-likeness (QED) is 0.555. The summed E-state index contributed by atoms with van der Waals surface area (Å²) in [6.45, 7) is 0.521. The van der Waals surface area contributed by atoms with Crippen molar-refractivity contribution >= 4 is 17.5 Å². The molecule has 2 amide bonds. The largest absolute Gasteiger partial charge is 0.389 e. The van der Waals surface area contributed by atoms with Gasteiger partial charge in [0.2, 0.25) is 5.91 Å². The molecule has 3 heterocycles. The summed E-state index contributed by atoms with van der Waals surface area (Å²) in [5.74, 6) is -0.316. The first kappa shape index (κ1) is 25.1. The van der Waals surface area contributed by atoms with E-state index in [0.29, 0.717) is 18.4 Å². The number of amides is 2. The van der Waals surface area contributed by atoms with Crippen LogP contribution in [0, 0.1) is 0 Å². The van der Waals surface area contributed by atoms with Gasteiger partial charge < -0.3 is 24.8 Å². The Balaban J connectivity index is 1.20. The Morgan fingerprint density at radius 1 is 0.973 bits per heavy atom. The van der Waals surface area contributed by atoms with Crippen molar-refractivity contribution in [2.45, 2.75) is 43.6 Å². The lowest BCUT2D eigenvalue weighted by Crippen LogP contribution is -2.57. The topological polar surface area (TPSA) is 101 Å². The van der Waals surface area contributed by atoms with Crippen LogP contribution in [0.2, 0.25) is 0 Å². The van der Waals surface area contributed by atoms with E-state index in [1.165, 1.54) is 6.20 Å². The molecule has 192 valence electrons. The Labute approximate surface area is 216 Å². The zero-order chi connectivity index (χ0) is 25.6. The number of carbonyl (C=O) groups is 2. The molecule has 2 fully saturated rings. The number of carbonyl (C=O) groups excluding carboxylic acids is 2. The van der Waals surface area contributed by atoms with Crippen molar-refractivity contribution in [1.82, 2.24) is 9.88 Å². The van der Waals surface area contributed by atoms with Crippen molar-refractivity contribution in [1.29, 1.82) is 0 Å². The minimum absolute atomic E-state index is 0.119. The summed E-state index contributed by atoms with van der Waals surface area (Å²) >= 11 is 0. The number of benzene rings is 2. The van der Waals surface area contributed by atoms with E-state index in [4.69, 9.17) is 9.47 Å². The zero-order valence-electron chi connectivity index (χ0n) is 20.5. The molecular formula is C29H31N3O5. The molecule has 3 aromatic rings. The highest BCUT2D eigenvalue weighted by Gasteiger charge is 2.40. The SMILES string of the molecule is O=C(C[C@H]1CC[C@H]2[C@@H](COC[C@H](O)CN2C(=O)c2cccnc2)O1)Nc1ccc(-c2ccccc2)cc1. The maximum Gasteiger partial charge on any atom is 0.255 e. The van der Waals surface area contributed by atoms with Crippen molar-refractivity contribution in [2.24, 2.45) is 0 Å². The fourth-order valence-electron chi connectivity index (χ4n) is 5.02. The minimum Gasteiger partial charge on any atom is -0.389 e. The summed E-state index contributed by atoms with van der Waals surface area (Å²) in [6.07, 6.45) is 3.18. The van der Waals surface area contributed by atoms with E-state index in [1.807, 2.05) is 54.6 Å². The molecule has 0 saturated carbocycles. The summed E-state index contributed by atoms with van der Waals surface area (Å²) in [5.41, 5.74) is 3.40. The van der Waals surface area contributed by atoms with Gasteiger partial charge in [-0.3, -0.25) is 14.6 Å². The van der Waals surface area contributed by atoms with Crippen LogP contribution in [0.3, 0.4) is 0 Å². The van der Waals surface area contributed by atoms with Gasteiger partial charge in [-0.25, -0.2) is 0 Å². The van der Waals surface area contributed by atoms with E-state index in [1.54, 1.807) is 23.2 Å². The Morgan fingerprint density at radius 3 is 2.51 bits per heavy atom. The monoisotopic (exact) mass is 501 g/mol. The molecule has 0 unspecified atom stereocenters. The number of anilines is 1. The first-order valence-electron chi connectivity index (χ1n) is 12.6. The molecule has 0 bridgehead atoms. The highest BCUT2D eigenvalue weighted by Crippen LogP contribution is 2.29. The van der Waals surface area contributed by atoms with E-state index < -0.39 is 6.10 Å². The second-order valence-corrected chi connectivity index (χ2v) is 9.53. The molecule has 1 aromatic heterocycles. The molecule has 8 heteroatoms. The second-order valence-electron chi connectivity index (χ2n) is 9.53. The number of β-amino-alcohol motifs (C(OH)–C–C–N with tert-alkyl or cyclic N) is 1. The molecule has 2 N–H and O–H groups in total. The summed E-state index contributed by atoms with van der Waals surface area (Å²) in [5, 5.41) is 13.3. The van der Waals surface area contributed by atoms with Crippen LogP contribution in [0.5, 0.6) is 0 Å². The van der Waals surface area contributed by atoms with Crippen molar-refractivity contribution in [3.8, 4) is 11.1 Å². The predicted molar refractivity (Wildman–Crippen MR) is 139 cm³/mol. The molecule has 2 aliphatic rings. The third-order valence-electron chi connectivity index (χ3n) is 6.84. The standard InChI is InChI=1S/C29H31N3O5/c33-24-17-32(29(35)22-7-4-14-30-16-22)26-13-12-25(37-27(26)19-36-18-24)15-28(34)31-23-10-8-21(9-11-23)20-5-2-1-3-6-20/h1-11,14,16,24-27,33H,12-13,15,17-19H2,(H,31,34)/t24-,25-,26+,27-/m1/s1. The first-order valence-corrected chi connectivity index (χ1v) is 12.6. The van der Waals surface area contributed by atoms with Crippen LogP contribution in [0.15, 0.2) is 79.1 Å². The zero-order valence-corrected chi connectivity index (χ0v) is 20.5. The molecule has 0 spiro atoms. The summed E-state index contributed by atoms with van der Waals surface area (Å²) in [6, 6.07) is 21.0. The Kier molecular flexibility index (Phi) is 7.89. The van der Waals surface area contributed by atoms with Crippen LogP contribution in [0.25, 0.3) is 11.1 Å². The second kappa shape index (κ2) is 11.6. The maximum absolute atomic E-state index is 13.3. The van der Waals surface area contributed by atoms with Crippen molar-refractivity contribution in [3.63, 3.8) is 0 Å². The Morgan fingerprint density at radius 2 is 1.76 bits per heavy atom. The van der Waals surface area contributed by atoms with E-state index >= 15 is 0 Å². The highest BCUT2D eigenvalue weighted by atomic mass is 16.5. The van der Waals surface area contributed by atoms with Crippen LogP contribution in [-0.2, 0) is 14.3 Å². The first-order chi connectivity index (χ1) is 18.1. The highest BCUT2D eigenvalue weighted by molar-refractivity contribution is 5.94. The average Bonchev–Trinajstić information content (AvgIpc) is 2.92. The van der Waals surface area contributed by atoms with Gasteiger partial charge in [-0.2, -0.15) is 0 Å².